The van der Waals surface area contributed by atoms with Gasteiger partial charge in [0.1, 0.15) is 0 Å². The summed E-state index contributed by atoms with van der Waals surface area (Å²) in [5, 5.41) is 21.0. The first-order valence-electron chi connectivity index (χ1n) is 8.01. The highest BCUT2D eigenvalue weighted by molar-refractivity contribution is 5.92. The SMILES string of the molecule is O=C(Cc1cnn(-c2ccccc2)c1)Nc1cccc(-c2nn[nH]n2)c1. The molecule has 0 saturated carbocycles. The van der Waals surface area contributed by atoms with Gasteiger partial charge in [-0.05, 0) is 35.0 Å². The summed E-state index contributed by atoms with van der Waals surface area (Å²) in [7, 11) is 0. The highest BCUT2D eigenvalue weighted by Crippen LogP contribution is 2.18. The smallest absolute Gasteiger partial charge is 0.228 e. The Bertz CT molecular complexity index is 1010. The van der Waals surface area contributed by atoms with Crippen molar-refractivity contribution < 1.29 is 4.79 Å². The van der Waals surface area contributed by atoms with Gasteiger partial charge in [0.05, 0.1) is 18.3 Å². The molecule has 0 aliphatic rings. The maximum absolute atomic E-state index is 12.3. The Labute approximate surface area is 148 Å². The molecule has 128 valence electrons. The maximum atomic E-state index is 12.3. The third-order valence-electron chi connectivity index (χ3n) is 3.77. The summed E-state index contributed by atoms with van der Waals surface area (Å²) in [5.41, 5.74) is 3.23. The molecule has 26 heavy (non-hydrogen) atoms. The number of anilines is 1. The summed E-state index contributed by atoms with van der Waals surface area (Å²) < 4.78 is 1.75. The monoisotopic (exact) mass is 345 g/mol. The van der Waals surface area contributed by atoms with Gasteiger partial charge in [-0.2, -0.15) is 10.3 Å². The molecule has 1 amide bonds. The number of carbonyl (C=O) groups excluding carboxylic acids is 1. The van der Waals surface area contributed by atoms with Crippen LogP contribution in [-0.4, -0.2) is 36.3 Å². The molecule has 0 radical (unpaired) electrons. The predicted molar refractivity (Wildman–Crippen MR) is 95.5 cm³/mol. The number of rotatable bonds is 5. The molecule has 4 aromatic rings. The zero-order valence-electron chi connectivity index (χ0n) is 13.7. The van der Waals surface area contributed by atoms with Gasteiger partial charge in [0.15, 0.2) is 0 Å². The number of aromatic nitrogens is 6. The Hall–Kier alpha value is -3.81. The zero-order valence-corrected chi connectivity index (χ0v) is 13.7. The van der Waals surface area contributed by atoms with Crippen molar-refractivity contribution in [2.24, 2.45) is 0 Å². The highest BCUT2D eigenvalue weighted by atomic mass is 16.1. The van der Waals surface area contributed by atoms with Gasteiger partial charge < -0.3 is 5.32 Å². The number of H-pyrrole nitrogens is 1. The van der Waals surface area contributed by atoms with Gasteiger partial charge >= 0.3 is 0 Å². The van der Waals surface area contributed by atoms with Crippen LogP contribution in [0.4, 0.5) is 5.69 Å². The van der Waals surface area contributed by atoms with Gasteiger partial charge in [-0.1, -0.05) is 30.3 Å². The van der Waals surface area contributed by atoms with Crippen molar-refractivity contribution in [3.63, 3.8) is 0 Å². The minimum absolute atomic E-state index is 0.122. The minimum Gasteiger partial charge on any atom is -0.326 e. The number of nitrogens with one attached hydrogen (secondary N) is 2. The summed E-state index contributed by atoms with van der Waals surface area (Å²) >= 11 is 0. The van der Waals surface area contributed by atoms with E-state index in [4.69, 9.17) is 0 Å². The van der Waals surface area contributed by atoms with Crippen molar-refractivity contribution in [1.29, 1.82) is 0 Å². The van der Waals surface area contributed by atoms with Gasteiger partial charge in [-0.3, -0.25) is 4.79 Å². The molecule has 0 atom stereocenters. The zero-order chi connectivity index (χ0) is 17.8. The summed E-state index contributed by atoms with van der Waals surface area (Å²) in [6.45, 7) is 0. The molecule has 0 aliphatic heterocycles. The largest absolute Gasteiger partial charge is 0.326 e. The van der Waals surface area contributed by atoms with Crippen molar-refractivity contribution in [3.8, 4) is 17.1 Å². The van der Waals surface area contributed by atoms with Gasteiger partial charge in [0.2, 0.25) is 11.7 Å². The maximum Gasteiger partial charge on any atom is 0.228 e. The summed E-state index contributed by atoms with van der Waals surface area (Å²) in [6.07, 6.45) is 3.78. The topological polar surface area (TPSA) is 101 Å². The van der Waals surface area contributed by atoms with Crippen molar-refractivity contribution in [3.05, 3.63) is 72.6 Å². The third-order valence-corrected chi connectivity index (χ3v) is 3.77. The standard InChI is InChI=1S/C18H15N7O/c26-17(9-13-11-19-25(12-13)16-7-2-1-3-8-16)20-15-6-4-5-14(10-15)18-21-23-24-22-18/h1-8,10-12H,9H2,(H,20,26)(H,21,22,23,24). The van der Waals surface area contributed by atoms with Crippen LogP contribution < -0.4 is 5.32 Å². The average molecular weight is 345 g/mol. The number of nitrogens with zero attached hydrogens (tertiary/aromatic N) is 5. The van der Waals surface area contributed by atoms with E-state index in [1.165, 1.54) is 0 Å². The second-order valence-electron chi connectivity index (χ2n) is 5.67. The summed E-state index contributed by atoms with van der Waals surface area (Å²) in [5.74, 6) is 0.355. The van der Waals surface area contributed by atoms with E-state index < -0.39 is 0 Å². The molecule has 2 aromatic carbocycles. The van der Waals surface area contributed by atoms with Crippen LogP contribution in [0.3, 0.4) is 0 Å². The van der Waals surface area contributed by atoms with Gasteiger partial charge in [0, 0.05) is 17.4 Å². The number of aromatic amines is 1. The van der Waals surface area contributed by atoms with Crippen LogP contribution in [-0.2, 0) is 11.2 Å². The highest BCUT2D eigenvalue weighted by Gasteiger charge is 2.09. The molecule has 0 unspecified atom stereocenters. The van der Waals surface area contributed by atoms with Crippen molar-refractivity contribution in [2.45, 2.75) is 6.42 Å². The Kier molecular flexibility index (Phi) is 4.21. The van der Waals surface area contributed by atoms with E-state index in [0.717, 1.165) is 16.8 Å². The van der Waals surface area contributed by atoms with Crippen molar-refractivity contribution in [2.75, 3.05) is 5.32 Å². The van der Waals surface area contributed by atoms with Gasteiger partial charge in [-0.25, -0.2) is 4.68 Å². The lowest BCUT2D eigenvalue weighted by atomic mass is 10.2. The molecule has 0 bridgehead atoms. The Morgan fingerprint density at radius 1 is 1.12 bits per heavy atom. The molecule has 8 nitrogen and oxygen atoms in total. The summed E-state index contributed by atoms with van der Waals surface area (Å²) in [6, 6.07) is 17.1. The van der Waals surface area contributed by atoms with Crippen molar-refractivity contribution >= 4 is 11.6 Å². The van der Waals surface area contributed by atoms with Crippen LogP contribution in [0.25, 0.3) is 17.1 Å². The number of benzene rings is 2. The van der Waals surface area contributed by atoms with E-state index in [-0.39, 0.29) is 12.3 Å². The summed E-state index contributed by atoms with van der Waals surface area (Å²) in [4.78, 5) is 12.3. The molecule has 0 fully saturated rings. The van der Waals surface area contributed by atoms with Crippen LogP contribution in [0.5, 0.6) is 0 Å². The minimum atomic E-state index is -0.122. The molecule has 0 spiro atoms. The normalized spacial score (nSPS) is 10.6. The quantitative estimate of drug-likeness (QED) is 0.577. The van der Waals surface area contributed by atoms with E-state index in [0.29, 0.717) is 11.5 Å². The fourth-order valence-corrected chi connectivity index (χ4v) is 2.58. The van der Waals surface area contributed by atoms with E-state index in [2.05, 4.69) is 31.0 Å². The number of para-hydroxylation sites is 1. The van der Waals surface area contributed by atoms with E-state index in [1.807, 2.05) is 54.7 Å². The fourth-order valence-electron chi connectivity index (χ4n) is 2.58. The van der Waals surface area contributed by atoms with Crippen molar-refractivity contribution in [1.82, 2.24) is 30.4 Å². The number of carbonyl (C=O) groups is 1. The number of amides is 1. The Morgan fingerprint density at radius 2 is 2.00 bits per heavy atom. The first-order chi connectivity index (χ1) is 12.8. The lowest BCUT2D eigenvalue weighted by molar-refractivity contribution is -0.115. The molecule has 2 aromatic heterocycles. The first-order valence-corrected chi connectivity index (χ1v) is 8.01. The van der Waals surface area contributed by atoms with Crippen LogP contribution in [0.15, 0.2) is 67.0 Å². The molecule has 0 saturated heterocycles. The molecule has 2 N–H and O–H groups in total. The molecular weight excluding hydrogens is 330 g/mol. The van der Waals surface area contributed by atoms with Crippen LogP contribution in [0.2, 0.25) is 0 Å². The second-order valence-corrected chi connectivity index (χ2v) is 5.67. The van der Waals surface area contributed by atoms with E-state index in [1.54, 1.807) is 16.9 Å². The van der Waals surface area contributed by atoms with E-state index >= 15 is 0 Å². The molecule has 2 heterocycles. The lowest BCUT2D eigenvalue weighted by Gasteiger charge is -2.05. The number of hydrogen-bond donors (Lipinski definition) is 2. The van der Waals surface area contributed by atoms with Crippen LogP contribution >= 0.6 is 0 Å². The van der Waals surface area contributed by atoms with Crippen LogP contribution in [0, 0.1) is 0 Å². The van der Waals surface area contributed by atoms with Gasteiger partial charge in [0.25, 0.3) is 0 Å². The lowest BCUT2D eigenvalue weighted by Crippen LogP contribution is -2.14. The Balaban J connectivity index is 1.43. The fraction of sp³-hybridized carbons (Fsp3) is 0.0556. The predicted octanol–water partition coefficient (Wildman–Crippen LogP) is 2.23. The molecule has 0 aliphatic carbocycles. The molecule has 4 rings (SSSR count). The average Bonchev–Trinajstić information content (AvgIpc) is 3.35. The first kappa shape index (κ1) is 15.7. The third kappa shape index (κ3) is 3.48. The number of hydrogen-bond acceptors (Lipinski definition) is 5. The number of tetrazole rings is 1. The van der Waals surface area contributed by atoms with Crippen LogP contribution in [0.1, 0.15) is 5.56 Å². The van der Waals surface area contributed by atoms with Gasteiger partial charge in [-0.15, -0.1) is 10.2 Å². The second kappa shape index (κ2) is 6.98. The molecular formula is C18H15N7O. The Morgan fingerprint density at radius 3 is 2.81 bits per heavy atom. The van der Waals surface area contributed by atoms with E-state index in [9.17, 15) is 4.79 Å². The molecule has 8 heteroatoms.